The zero-order valence-corrected chi connectivity index (χ0v) is 11.8. The predicted octanol–water partition coefficient (Wildman–Crippen LogP) is 0.929. The van der Waals surface area contributed by atoms with Crippen LogP contribution in [0.3, 0.4) is 0 Å². The van der Waals surface area contributed by atoms with E-state index < -0.39 is 0 Å². The number of rotatable bonds is 2. The molecule has 0 aromatic carbocycles. The molecule has 0 aliphatic carbocycles. The number of carbonyl (C=O) groups excluding carboxylic acids is 1. The molecule has 0 aromatic heterocycles. The van der Waals surface area contributed by atoms with Gasteiger partial charge in [-0.2, -0.15) is 0 Å². The maximum atomic E-state index is 12.5. The highest BCUT2D eigenvalue weighted by atomic mass is 16.2. The molecule has 0 spiro atoms. The van der Waals surface area contributed by atoms with Crippen LogP contribution in [0.15, 0.2) is 0 Å². The molecule has 0 atom stereocenters. The lowest BCUT2D eigenvalue weighted by atomic mass is 9.96. The van der Waals surface area contributed by atoms with Crippen LogP contribution < -0.4 is 5.32 Å². The van der Waals surface area contributed by atoms with Crippen molar-refractivity contribution in [3.8, 4) is 0 Å². The second-order valence-electron chi connectivity index (χ2n) is 5.83. The summed E-state index contributed by atoms with van der Waals surface area (Å²) in [6.07, 6.45) is 3.15. The molecule has 0 saturated carbocycles. The van der Waals surface area contributed by atoms with Gasteiger partial charge in [-0.15, -0.1) is 0 Å². The summed E-state index contributed by atoms with van der Waals surface area (Å²) in [5.41, 5.74) is 0. The largest absolute Gasteiger partial charge is 0.341 e. The SMILES string of the molecule is CC(C)N1CCCN(C(=O)C2CCNCC2)CC1. The van der Waals surface area contributed by atoms with Crippen LogP contribution >= 0.6 is 0 Å². The first kappa shape index (κ1) is 13.8. The molecule has 1 amide bonds. The van der Waals surface area contributed by atoms with Crippen molar-refractivity contribution in [1.29, 1.82) is 0 Å². The van der Waals surface area contributed by atoms with E-state index in [0.29, 0.717) is 11.9 Å². The fraction of sp³-hybridized carbons (Fsp3) is 0.929. The Bertz CT molecular complexity index is 274. The lowest BCUT2D eigenvalue weighted by Gasteiger charge is -2.29. The van der Waals surface area contributed by atoms with Crippen molar-refractivity contribution >= 4 is 5.91 Å². The summed E-state index contributed by atoms with van der Waals surface area (Å²) in [7, 11) is 0. The fourth-order valence-corrected chi connectivity index (χ4v) is 3.00. The Labute approximate surface area is 111 Å². The molecule has 2 aliphatic heterocycles. The van der Waals surface area contributed by atoms with Crippen LogP contribution in [-0.4, -0.2) is 61.0 Å². The second-order valence-corrected chi connectivity index (χ2v) is 5.83. The number of carbonyl (C=O) groups is 1. The second kappa shape index (κ2) is 6.53. The van der Waals surface area contributed by atoms with Crippen molar-refractivity contribution in [2.45, 2.75) is 39.2 Å². The third kappa shape index (κ3) is 3.45. The zero-order valence-electron chi connectivity index (χ0n) is 11.8. The van der Waals surface area contributed by atoms with Crippen molar-refractivity contribution in [2.24, 2.45) is 5.92 Å². The number of nitrogens with one attached hydrogen (secondary N) is 1. The minimum absolute atomic E-state index is 0.275. The van der Waals surface area contributed by atoms with Gasteiger partial charge in [-0.05, 0) is 46.2 Å². The average molecular weight is 253 g/mol. The highest BCUT2D eigenvalue weighted by Crippen LogP contribution is 2.17. The summed E-state index contributed by atoms with van der Waals surface area (Å²) in [4.78, 5) is 17.1. The third-order valence-electron chi connectivity index (χ3n) is 4.26. The maximum Gasteiger partial charge on any atom is 0.225 e. The van der Waals surface area contributed by atoms with Gasteiger partial charge in [-0.25, -0.2) is 0 Å². The van der Waals surface area contributed by atoms with E-state index in [1.54, 1.807) is 0 Å². The fourth-order valence-electron chi connectivity index (χ4n) is 3.00. The molecule has 4 heteroatoms. The predicted molar refractivity (Wildman–Crippen MR) is 73.5 cm³/mol. The van der Waals surface area contributed by atoms with Crippen LogP contribution in [0.25, 0.3) is 0 Å². The van der Waals surface area contributed by atoms with Crippen molar-refractivity contribution < 1.29 is 4.79 Å². The lowest BCUT2D eigenvalue weighted by Crippen LogP contribution is -2.43. The maximum absolute atomic E-state index is 12.5. The van der Waals surface area contributed by atoms with Gasteiger partial charge in [-0.3, -0.25) is 9.69 Å². The Morgan fingerprint density at radius 2 is 1.83 bits per heavy atom. The van der Waals surface area contributed by atoms with Crippen molar-refractivity contribution in [2.75, 3.05) is 39.3 Å². The Balaban J connectivity index is 1.86. The molecule has 0 aromatic rings. The summed E-state index contributed by atoms with van der Waals surface area (Å²) in [5, 5.41) is 3.33. The van der Waals surface area contributed by atoms with E-state index in [9.17, 15) is 4.79 Å². The van der Waals surface area contributed by atoms with Crippen LogP contribution in [0.1, 0.15) is 33.1 Å². The topological polar surface area (TPSA) is 35.6 Å². The first-order valence-electron chi connectivity index (χ1n) is 7.42. The molecule has 1 N–H and O–H groups in total. The minimum Gasteiger partial charge on any atom is -0.341 e. The van der Waals surface area contributed by atoms with Gasteiger partial charge in [0.15, 0.2) is 0 Å². The first-order valence-corrected chi connectivity index (χ1v) is 7.42. The highest BCUT2D eigenvalue weighted by molar-refractivity contribution is 5.79. The van der Waals surface area contributed by atoms with E-state index in [-0.39, 0.29) is 5.92 Å². The van der Waals surface area contributed by atoms with E-state index >= 15 is 0 Å². The standard InChI is InChI=1S/C14H27N3O/c1-12(2)16-8-3-9-17(11-10-16)14(18)13-4-6-15-7-5-13/h12-13,15H,3-11H2,1-2H3. The van der Waals surface area contributed by atoms with Gasteiger partial charge < -0.3 is 10.2 Å². The van der Waals surface area contributed by atoms with E-state index in [4.69, 9.17) is 0 Å². The van der Waals surface area contributed by atoms with Gasteiger partial charge in [0.05, 0.1) is 0 Å². The summed E-state index contributed by atoms with van der Waals surface area (Å²) in [5.74, 6) is 0.680. The van der Waals surface area contributed by atoms with Gasteiger partial charge in [-0.1, -0.05) is 0 Å². The van der Waals surface area contributed by atoms with Gasteiger partial charge in [0, 0.05) is 38.1 Å². The van der Waals surface area contributed by atoms with Crippen LogP contribution in [-0.2, 0) is 4.79 Å². The molecule has 2 aliphatic rings. The molecule has 18 heavy (non-hydrogen) atoms. The molecule has 0 radical (unpaired) electrons. The Morgan fingerprint density at radius 3 is 2.50 bits per heavy atom. The zero-order chi connectivity index (χ0) is 13.0. The Hall–Kier alpha value is -0.610. The molecule has 104 valence electrons. The van der Waals surface area contributed by atoms with Crippen LogP contribution in [0.5, 0.6) is 0 Å². The molecule has 4 nitrogen and oxygen atoms in total. The Morgan fingerprint density at radius 1 is 1.11 bits per heavy atom. The minimum atomic E-state index is 0.275. The number of nitrogens with zero attached hydrogens (tertiary/aromatic N) is 2. The number of hydrogen-bond donors (Lipinski definition) is 1. The first-order chi connectivity index (χ1) is 8.68. The molecule has 2 saturated heterocycles. The normalized spacial score (nSPS) is 24.3. The summed E-state index contributed by atoms with van der Waals surface area (Å²) in [6.45, 7) is 10.5. The van der Waals surface area contributed by atoms with E-state index in [1.807, 2.05) is 0 Å². The van der Waals surface area contributed by atoms with Gasteiger partial charge in [0.25, 0.3) is 0 Å². The Kier molecular flexibility index (Phi) is 5.01. The average Bonchev–Trinajstić information content (AvgIpc) is 2.64. The summed E-state index contributed by atoms with van der Waals surface area (Å²) < 4.78 is 0. The number of amides is 1. The monoisotopic (exact) mass is 253 g/mol. The van der Waals surface area contributed by atoms with Gasteiger partial charge >= 0.3 is 0 Å². The molecule has 2 rings (SSSR count). The highest BCUT2D eigenvalue weighted by Gasteiger charge is 2.27. The molecule has 0 unspecified atom stereocenters. The summed E-state index contributed by atoms with van der Waals surface area (Å²) in [6, 6.07) is 0.596. The number of piperidine rings is 1. The van der Waals surface area contributed by atoms with E-state index in [1.165, 1.54) is 0 Å². The van der Waals surface area contributed by atoms with Crippen LogP contribution in [0.4, 0.5) is 0 Å². The van der Waals surface area contributed by atoms with Crippen molar-refractivity contribution in [3.05, 3.63) is 0 Å². The van der Waals surface area contributed by atoms with Crippen molar-refractivity contribution in [3.63, 3.8) is 0 Å². The quantitative estimate of drug-likeness (QED) is 0.795. The number of hydrogen-bond acceptors (Lipinski definition) is 3. The summed E-state index contributed by atoms with van der Waals surface area (Å²) >= 11 is 0. The lowest BCUT2D eigenvalue weighted by molar-refractivity contribution is -0.136. The molecule has 2 heterocycles. The molecule has 0 bridgehead atoms. The molecular formula is C14H27N3O. The smallest absolute Gasteiger partial charge is 0.225 e. The van der Waals surface area contributed by atoms with Crippen molar-refractivity contribution in [1.82, 2.24) is 15.1 Å². The van der Waals surface area contributed by atoms with E-state index in [2.05, 4.69) is 29.0 Å². The third-order valence-corrected chi connectivity index (χ3v) is 4.26. The van der Waals surface area contributed by atoms with Crippen LogP contribution in [0, 0.1) is 5.92 Å². The van der Waals surface area contributed by atoms with Gasteiger partial charge in [0.1, 0.15) is 0 Å². The van der Waals surface area contributed by atoms with E-state index in [0.717, 1.165) is 58.5 Å². The molecular weight excluding hydrogens is 226 g/mol. The molecule has 2 fully saturated rings. The van der Waals surface area contributed by atoms with Crippen LogP contribution in [0.2, 0.25) is 0 Å². The van der Waals surface area contributed by atoms with Gasteiger partial charge in [0.2, 0.25) is 5.91 Å².